The van der Waals surface area contributed by atoms with Crippen LogP contribution in [-0.2, 0) is 4.74 Å². The molecule has 0 fully saturated rings. The van der Waals surface area contributed by atoms with Gasteiger partial charge in [-0.1, -0.05) is 0 Å². The highest BCUT2D eigenvalue weighted by Crippen LogP contribution is 2.27. The zero-order valence-electron chi connectivity index (χ0n) is 8.88. The van der Waals surface area contributed by atoms with E-state index < -0.39 is 29.7 Å². The lowest BCUT2D eigenvalue weighted by molar-refractivity contribution is -0.0505. The summed E-state index contributed by atoms with van der Waals surface area (Å²) in [5.74, 6) is -2.80. The molecule has 0 heterocycles. The van der Waals surface area contributed by atoms with E-state index in [1.54, 1.807) is 0 Å². The van der Waals surface area contributed by atoms with Crippen LogP contribution in [0, 0.1) is 5.82 Å². The summed E-state index contributed by atoms with van der Waals surface area (Å²) in [6, 6.07) is 1.76. The number of hydrogen-bond donors (Lipinski definition) is 1. The SMILES string of the molecule is CCOC(=O)c1c(F)cc(N)cc1OC(F)F. The topological polar surface area (TPSA) is 61.5 Å². The molecule has 0 aliphatic heterocycles. The lowest BCUT2D eigenvalue weighted by Crippen LogP contribution is -2.13. The Hall–Kier alpha value is -1.92. The summed E-state index contributed by atoms with van der Waals surface area (Å²) in [6.07, 6.45) is 0. The second-order valence-electron chi connectivity index (χ2n) is 2.97. The van der Waals surface area contributed by atoms with Gasteiger partial charge in [-0.2, -0.15) is 8.78 Å². The highest BCUT2D eigenvalue weighted by Gasteiger charge is 2.22. The third-order valence-corrected chi connectivity index (χ3v) is 1.77. The third-order valence-electron chi connectivity index (χ3n) is 1.77. The van der Waals surface area contributed by atoms with Crippen molar-refractivity contribution in [2.45, 2.75) is 13.5 Å². The van der Waals surface area contributed by atoms with Crippen molar-refractivity contribution >= 4 is 11.7 Å². The number of anilines is 1. The Morgan fingerprint density at radius 1 is 1.47 bits per heavy atom. The average molecular weight is 249 g/mol. The monoisotopic (exact) mass is 249 g/mol. The molecular weight excluding hydrogens is 239 g/mol. The minimum absolute atomic E-state index is 0.0171. The Balaban J connectivity index is 3.20. The van der Waals surface area contributed by atoms with E-state index in [-0.39, 0.29) is 12.3 Å². The van der Waals surface area contributed by atoms with Crippen LogP contribution in [0.2, 0.25) is 0 Å². The van der Waals surface area contributed by atoms with Gasteiger partial charge >= 0.3 is 12.6 Å². The van der Waals surface area contributed by atoms with Crippen molar-refractivity contribution in [3.63, 3.8) is 0 Å². The number of nitrogens with two attached hydrogens (primary N) is 1. The van der Waals surface area contributed by atoms with Gasteiger partial charge in [-0.15, -0.1) is 0 Å². The number of carbonyl (C=O) groups is 1. The summed E-state index contributed by atoms with van der Waals surface area (Å²) in [6.45, 7) is -1.71. The van der Waals surface area contributed by atoms with E-state index in [4.69, 9.17) is 5.73 Å². The van der Waals surface area contributed by atoms with E-state index in [9.17, 15) is 18.0 Å². The van der Waals surface area contributed by atoms with Gasteiger partial charge in [0.2, 0.25) is 0 Å². The Morgan fingerprint density at radius 3 is 2.65 bits per heavy atom. The van der Waals surface area contributed by atoms with Gasteiger partial charge in [0.15, 0.2) is 0 Å². The first-order valence-corrected chi connectivity index (χ1v) is 4.66. The number of benzene rings is 1. The summed E-state index contributed by atoms with van der Waals surface area (Å²) in [7, 11) is 0. The van der Waals surface area contributed by atoms with Gasteiger partial charge in [-0.05, 0) is 13.0 Å². The lowest BCUT2D eigenvalue weighted by Gasteiger charge is -2.11. The predicted molar refractivity (Wildman–Crippen MR) is 53.4 cm³/mol. The Morgan fingerprint density at radius 2 is 2.12 bits per heavy atom. The molecule has 0 saturated heterocycles. The van der Waals surface area contributed by atoms with Crippen molar-refractivity contribution < 1.29 is 27.4 Å². The van der Waals surface area contributed by atoms with Gasteiger partial charge in [0.25, 0.3) is 0 Å². The Bertz CT molecular complexity index is 424. The van der Waals surface area contributed by atoms with Crippen molar-refractivity contribution in [1.29, 1.82) is 0 Å². The van der Waals surface area contributed by atoms with Crippen LogP contribution >= 0.6 is 0 Å². The predicted octanol–water partition coefficient (Wildman–Crippen LogP) is 2.19. The molecule has 0 radical (unpaired) electrons. The molecule has 4 nitrogen and oxygen atoms in total. The van der Waals surface area contributed by atoms with E-state index in [2.05, 4.69) is 9.47 Å². The van der Waals surface area contributed by atoms with Gasteiger partial charge in [0, 0.05) is 11.8 Å². The molecule has 0 aliphatic rings. The molecule has 0 aromatic heterocycles. The number of ether oxygens (including phenoxy) is 2. The minimum atomic E-state index is -3.19. The Kier molecular flexibility index (Phi) is 4.19. The standard InChI is InChI=1S/C10H10F3NO3/c1-2-16-9(15)8-6(11)3-5(14)4-7(8)17-10(12)13/h3-4,10H,2,14H2,1H3. The first kappa shape index (κ1) is 13.1. The molecular formula is C10H10F3NO3. The van der Waals surface area contributed by atoms with Crippen LogP contribution in [0.3, 0.4) is 0 Å². The molecule has 0 unspecified atom stereocenters. The normalized spacial score (nSPS) is 10.4. The van der Waals surface area contributed by atoms with Gasteiger partial charge in [-0.25, -0.2) is 9.18 Å². The highest BCUT2D eigenvalue weighted by atomic mass is 19.3. The second kappa shape index (κ2) is 5.42. The first-order chi connectivity index (χ1) is 7.95. The molecule has 2 N–H and O–H groups in total. The number of nitrogen functional groups attached to an aromatic ring is 1. The third kappa shape index (κ3) is 3.27. The molecule has 0 amide bonds. The maximum Gasteiger partial charge on any atom is 0.387 e. The van der Waals surface area contributed by atoms with Crippen LogP contribution < -0.4 is 10.5 Å². The van der Waals surface area contributed by atoms with Crippen LogP contribution in [-0.4, -0.2) is 19.2 Å². The van der Waals surface area contributed by atoms with Crippen LogP contribution in [0.15, 0.2) is 12.1 Å². The van der Waals surface area contributed by atoms with Crippen LogP contribution in [0.1, 0.15) is 17.3 Å². The Labute approximate surface area is 95.1 Å². The van der Waals surface area contributed by atoms with Gasteiger partial charge in [0.05, 0.1) is 6.61 Å². The lowest BCUT2D eigenvalue weighted by atomic mass is 10.1. The smallest absolute Gasteiger partial charge is 0.387 e. The van der Waals surface area contributed by atoms with Gasteiger partial charge in [0.1, 0.15) is 17.1 Å². The fourth-order valence-electron chi connectivity index (χ4n) is 1.19. The average Bonchev–Trinajstić information content (AvgIpc) is 2.15. The highest BCUT2D eigenvalue weighted by molar-refractivity contribution is 5.93. The van der Waals surface area contributed by atoms with Crippen molar-refractivity contribution in [2.24, 2.45) is 0 Å². The molecule has 1 rings (SSSR count). The molecule has 1 aromatic carbocycles. The summed E-state index contributed by atoms with van der Waals surface area (Å²) >= 11 is 0. The number of halogens is 3. The molecule has 7 heteroatoms. The maximum atomic E-state index is 13.4. The van der Waals surface area contributed by atoms with E-state index in [0.717, 1.165) is 12.1 Å². The zero-order chi connectivity index (χ0) is 13.0. The van der Waals surface area contributed by atoms with E-state index in [1.807, 2.05) is 0 Å². The van der Waals surface area contributed by atoms with Crippen molar-refractivity contribution in [3.8, 4) is 5.75 Å². The van der Waals surface area contributed by atoms with Gasteiger partial charge in [-0.3, -0.25) is 0 Å². The quantitative estimate of drug-likeness (QED) is 0.656. The van der Waals surface area contributed by atoms with E-state index in [1.165, 1.54) is 6.92 Å². The molecule has 0 saturated carbocycles. The number of rotatable bonds is 4. The molecule has 94 valence electrons. The largest absolute Gasteiger partial charge is 0.462 e. The molecule has 1 aromatic rings. The molecule has 0 aliphatic carbocycles. The van der Waals surface area contributed by atoms with Crippen LogP contribution in [0.4, 0.5) is 18.9 Å². The summed E-state index contributed by atoms with van der Waals surface area (Å²) in [4.78, 5) is 11.4. The molecule has 0 spiro atoms. The van der Waals surface area contributed by atoms with Crippen LogP contribution in [0.25, 0.3) is 0 Å². The fraction of sp³-hybridized carbons (Fsp3) is 0.300. The van der Waals surface area contributed by atoms with Crippen molar-refractivity contribution in [1.82, 2.24) is 0 Å². The van der Waals surface area contributed by atoms with E-state index >= 15 is 0 Å². The van der Waals surface area contributed by atoms with E-state index in [0.29, 0.717) is 0 Å². The maximum absolute atomic E-state index is 13.4. The minimum Gasteiger partial charge on any atom is -0.462 e. The van der Waals surface area contributed by atoms with Gasteiger partial charge < -0.3 is 15.2 Å². The first-order valence-electron chi connectivity index (χ1n) is 4.66. The number of hydrogen-bond acceptors (Lipinski definition) is 4. The fourth-order valence-corrected chi connectivity index (χ4v) is 1.19. The summed E-state index contributed by atoms with van der Waals surface area (Å²) in [5, 5.41) is 0. The molecule has 0 bridgehead atoms. The number of carbonyl (C=O) groups excluding carboxylic acids is 1. The second-order valence-corrected chi connectivity index (χ2v) is 2.97. The molecule has 0 atom stereocenters. The number of alkyl halides is 2. The molecule has 17 heavy (non-hydrogen) atoms. The number of esters is 1. The summed E-state index contributed by atoms with van der Waals surface area (Å²) in [5.41, 5.74) is 4.43. The van der Waals surface area contributed by atoms with Crippen molar-refractivity contribution in [2.75, 3.05) is 12.3 Å². The summed E-state index contributed by atoms with van der Waals surface area (Å²) < 4.78 is 46.1. The van der Waals surface area contributed by atoms with Crippen LogP contribution in [0.5, 0.6) is 5.75 Å². The van der Waals surface area contributed by atoms with Crippen molar-refractivity contribution in [3.05, 3.63) is 23.5 Å². The zero-order valence-corrected chi connectivity index (χ0v) is 8.88.